The lowest BCUT2D eigenvalue weighted by Gasteiger charge is -2.18. The van der Waals surface area contributed by atoms with Gasteiger partial charge in [0.2, 0.25) is 0 Å². The van der Waals surface area contributed by atoms with Gasteiger partial charge in [0.25, 0.3) is 0 Å². The van der Waals surface area contributed by atoms with Crippen LogP contribution in [-0.2, 0) is 10.2 Å². The van der Waals surface area contributed by atoms with Crippen molar-refractivity contribution < 1.29 is 12.8 Å². The van der Waals surface area contributed by atoms with Gasteiger partial charge in [-0.15, -0.1) is 0 Å². The van der Waals surface area contributed by atoms with Gasteiger partial charge < -0.3 is 5.32 Å². The van der Waals surface area contributed by atoms with Gasteiger partial charge in [-0.2, -0.15) is 12.7 Å². The molecule has 0 aliphatic rings. The Hall–Kier alpha value is -0.890. The molecule has 0 saturated carbocycles. The summed E-state index contributed by atoms with van der Waals surface area (Å²) >= 11 is 5.69. The molecule has 0 saturated heterocycles. The smallest absolute Gasteiger partial charge is 0.301 e. The standard InChI is InChI=1S/C13H21ClFN3O2S/c1-3-5-16-6-4-7-18(2)21(19,20)17-13-9-11(14)8-12(15)10-13/h8-10,16-17H,3-7H2,1-2H3. The molecule has 0 unspecified atom stereocenters. The highest BCUT2D eigenvalue weighted by atomic mass is 35.5. The topological polar surface area (TPSA) is 61.4 Å². The van der Waals surface area contributed by atoms with Gasteiger partial charge in [-0.3, -0.25) is 4.72 Å². The maximum atomic E-state index is 13.2. The van der Waals surface area contributed by atoms with E-state index in [0.29, 0.717) is 13.0 Å². The number of halogens is 2. The molecule has 0 amide bonds. The lowest BCUT2D eigenvalue weighted by Crippen LogP contribution is -2.34. The van der Waals surface area contributed by atoms with E-state index in [1.807, 2.05) is 0 Å². The number of hydrogen-bond acceptors (Lipinski definition) is 3. The Bertz CT molecular complexity index is 534. The predicted molar refractivity (Wildman–Crippen MR) is 84.4 cm³/mol. The van der Waals surface area contributed by atoms with Gasteiger partial charge in [0.05, 0.1) is 5.69 Å². The van der Waals surface area contributed by atoms with E-state index in [0.717, 1.165) is 31.6 Å². The van der Waals surface area contributed by atoms with E-state index in [1.54, 1.807) is 0 Å². The average Bonchev–Trinajstić information content (AvgIpc) is 2.36. The van der Waals surface area contributed by atoms with Crippen molar-refractivity contribution in [2.24, 2.45) is 0 Å². The largest absolute Gasteiger partial charge is 0.317 e. The molecule has 1 rings (SSSR count). The van der Waals surface area contributed by atoms with E-state index < -0.39 is 16.0 Å². The Balaban J connectivity index is 2.55. The van der Waals surface area contributed by atoms with Crippen molar-refractivity contribution in [1.82, 2.24) is 9.62 Å². The Morgan fingerprint density at radius 2 is 2.00 bits per heavy atom. The lowest BCUT2D eigenvalue weighted by atomic mass is 10.3. The van der Waals surface area contributed by atoms with E-state index in [9.17, 15) is 12.8 Å². The Kier molecular flexibility index (Phi) is 7.37. The fraction of sp³-hybridized carbons (Fsp3) is 0.538. The molecule has 0 spiro atoms. The van der Waals surface area contributed by atoms with Gasteiger partial charge in [0, 0.05) is 18.6 Å². The SMILES string of the molecule is CCCNCCCN(C)S(=O)(=O)Nc1cc(F)cc(Cl)c1. The second-order valence-electron chi connectivity index (χ2n) is 4.69. The van der Waals surface area contributed by atoms with Crippen LogP contribution in [0.1, 0.15) is 19.8 Å². The first kappa shape index (κ1) is 18.2. The summed E-state index contributed by atoms with van der Waals surface area (Å²) in [5.41, 5.74) is 0.107. The van der Waals surface area contributed by atoms with Crippen LogP contribution >= 0.6 is 11.6 Å². The van der Waals surface area contributed by atoms with Crippen LogP contribution in [0.3, 0.4) is 0 Å². The van der Waals surface area contributed by atoms with Crippen LogP contribution in [0, 0.1) is 5.82 Å². The van der Waals surface area contributed by atoms with Crippen LogP contribution in [-0.4, -0.2) is 39.4 Å². The van der Waals surface area contributed by atoms with Gasteiger partial charge in [0.1, 0.15) is 5.82 Å². The number of benzene rings is 1. The fourth-order valence-electron chi connectivity index (χ4n) is 1.69. The Labute approximate surface area is 130 Å². The van der Waals surface area contributed by atoms with Gasteiger partial charge in [-0.1, -0.05) is 18.5 Å². The molecule has 1 aromatic carbocycles. The summed E-state index contributed by atoms with van der Waals surface area (Å²) in [5.74, 6) is -0.591. The van der Waals surface area contributed by atoms with Gasteiger partial charge in [0.15, 0.2) is 0 Å². The third-order valence-electron chi connectivity index (χ3n) is 2.77. The zero-order valence-electron chi connectivity index (χ0n) is 12.2. The van der Waals surface area contributed by atoms with Crippen LogP contribution in [0.2, 0.25) is 5.02 Å². The number of hydrogen-bond donors (Lipinski definition) is 2. The zero-order chi connectivity index (χ0) is 15.9. The summed E-state index contributed by atoms with van der Waals surface area (Å²) in [6.07, 6.45) is 1.73. The molecular formula is C13H21ClFN3O2S. The van der Waals surface area contributed by atoms with E-state index >= 15 is 0 Å². The maximum Gasteiger partial charge on any atom is 0.301 e. The molecule has 0 aromatic heterocycles. The minimum atomic E-state index is -3.71. The van der Waals surface area contributed by atoms with Crippen molar-refractivity contribution in [3.8, 4) is 0 Å². The first-order valence-electron chi connectivity index (χ1n) is 6.76. The minimum Gasteiger partial charge on any atom is -0.317 e. The maximum absolute atomic E-state index is 13.2. The van der Waals surface area contributed by atoms with E-state index in [4.69, 9.17) is 11.6 Å². The quantitative estimate of drug-likeness (QED) is 0.680. The summed E-state index contributed by atoms with van der Waals surface area (Å²) in [6.45, 7) is 4.10. The van der Waals surface area contributed by atoms with Crippen LogP contribution in [0.5, 0.6) is 0 Å². The van der Waals surface area contributed by atoms with Crippen LogP contribution < -0.4 is 10.0 Å². The number of rotatable bonds is 9. The van der Waals surface area contributed by atoms with Gasteiger partial charge >= 0.3 is 10.2 Å². The Morgan fingerprint density at radius 3 is 2.62 bits per heavy atom. The second kappa shape index (κ2) is 8.53. The van der Waals surface area contributed by atoms with Gasteiger partial charge in [-0.25, -0.2) is 4.39 Å². The molecule has 0 aliphatic heterocycles. The van der Waals surface area contributed by atoms with Crippen molar-refractivity contribution in [1.29, 1.82) is 0 Å². The molecule has 0 atom stereocenters. The third-order valence-corrected chi connectivity index (χ3v) is 4.49. The molecule has 1 aromatic rings. The summed E-state index contributed by atoms with van der Waals surface area (Å²) < 4.78 is 40.8. The minimum absolute atomic E-state index is 0.107. The first-order chi connectivity index (χ1) is 9.85. The summed E-state index contributed by atoms with van der Waals surface area (Å²) in [6, 6.07) is 3.56. The molecule has 2 N–H and O–H groups in total. The van der Waals surface area contributed by atoms with Crippen molar-refractivity contribution >= 4 is 27.5 Å². The lowest BCUT2D eigenvalue weighted by molar-refractivity contribution is 0.458. The van der Waals surface area contributed by atoms with Gasteiger partial charge in [-0.05, 0) is 44.1 Å². The monoisotopic (exact) mass is 337 g/mol. The number of anilines is 1. The van der Waals surface area contributed by atoms with Crippen molar-refractivity contribution in [2.45, 2.75) is 19.8 Å². The van der Waals surface area contributed by atoms with Crippen molar-refractivity contribution in [3.63, 3.8) is 0 Å². The summed E-state index contributed by atoms with van der Waals surface area (Å²) in [5, 5.41) is 3.34. The first-order valence-corrected chi connectivity index (χ1v) is 8.58. The molecule has 21 heavy (non-hydrogen) atoms. The summed E-state index contributed by atoms with van der Waals surface area (Å²) in [4.78, 5) is 0. The van der Waals surface area contributed by atoms with Crippen LogP contribution in [0.4, 0.5) is 10.1 Å². The zero-order valence-corrected chi connectivity index (χ0v) is 13.8. The Morgan fingerprint density at radius 1 is 1.29 bits per heavy atom. The highest BCUT2D eigenvalue weighted by Gasteiger charge is 2.17. The summed E-state index contributed by atoms with van der Waals surface area (Å²) in [7, 11) is -2.23. The van der Waals surface area contributed by atoms with E-state index in [2.05, 4.69) is 17.0 Å². The average molecular weight is 338 g/mol. The molecule has 0 radical (unpaired) electrons. The van der Waals surface area contributed by atoms with E-state index in [-0.39, 0.29) is 10.7 Å². The molecule has 0 bridgehead atoms. The predicted octanol–water partition coefficient (Wildman–Crippen LogP) is 2.46. The molecule has 0 heterocycles. The molecule has 8 heteroatoms. The number of nitrogens with zero attached hydrogens (tertiary/aromatic N) is 1. The molecule has 120 valence electrons. The second-order valence-corrected chi connectivity index (χ2v) is 6.90. The number of nitrogens with one attached hydrogen (secondary N) is 2. The molecular weight excluding hydrogens is 317 g/mol. The highest BCUT2D eigenvalue weighted by molar-refractivity contribution is 7.90. The molecule has 0 aliphatic carbocycles. The highest BCUT2D eigenvalue weighted by Crippen LogP contribution is 2.19. The van der Waals surface area contributed by atoms with Crippen LogP contribution in [0.25, 0.3) is 0 Å². The van der Waals surface area contributed by atoms with Crippen molar-refractivity contribution in [3.05, 3.63) is 29.0 Å². The van der Waals surface area contributed by atoms with E-state index in [1.165, 1.54) is 17.4 Å². The van der Waals surface area contributed by atoms with Crippen LogP contribution in [0.15, 0.2) is 18.2 Å². The molecule has 5 nitrogen and oxygen atoms in total. The normalized spacial score (nSPS) is 11.9. The fourth-order valence-corrected chi connectivity index (χ4v) is 2.85. The van der Waals surface area contributed by atoms with Crippen molar-refractivity contribution in [2.75, 3.05) is 31.4 Å². The third kappa shape index (κ3) is 6.60. The molecule has 0 fully saturated rings.